The quantitative estimate of drug-likeness (QED) is 0.182. The lowest BCUT2D eigenvalue weighted by molar-refractivity contribution is -0.117. The Morgan fingerprint density at radius 2 is 1.68 bits per heavy atom. The summed E-state index contributed by atoms with van der Waals surface area (Å²) in [6.07, 6.45) is 1.39. The van der Waals surface area contributed by atoms with Crippen LogP contribution in [0.1, 0.15) is 30.6 Å². The van der Waals surface area contributed by atoms with Gasteiger partial charge in [0.2, 0.25) is 11.8 Å². The molecule has 0 radical (unpaired) electrons. The molecule has 0 heterocycles. The SMILES string of the molecule is C=C(/C=C(Cl)\C(Cl)=C(/C)Cl)[C@H]1[C@H](C(=O)Nc2ccc(Cl)c(C(=O)Nc3ccc(F)c(NC(=O)CC)c3F)c2)C1(Cl)Cl. The molecule has 2 atom stereocenters. The van der Waals surface area contributed by atoms with Crippen molar-refractivity contribution in [2.75, 3.05) is 16.0 Å². The van der Waals surface area contributed by atoms with Crippen molar-refractivity contribution in [2.45, 2.75) is 24.6 Å². The van der Waals surface area contributed by atoms with Gasteiger partial charge >= 0.3 is 0 Å². The number of benzene rings is 2. The van der Waals surface area contributed by atoms with Gasteiger partial charge in [-0.3, -0.25) is 14.4 Å². The molecule has 3 N–H and O–H groups in total. The topological polar surface area (TPSA) is 87.3 Å². The summed E-state index contributed by atoms with van der Waals surface area (Å²) < 4.78 is 27.5. The van der Waals surface area contributed by atoms with E-state index in [2.05, 4.69) is 22.5 Å². The molecule has 0 unspecified atom stereocenters. The summed E-state index contributed by atoms with van der Waals surface area (Å²) in [7, 11) is 0. The smallest absolute Gasteiger partial charge is 0.257 e. The second-order valence-electron chi connectivity index (χ2n) is 8.87. The van der Waals surface area contributed by atoms with Crippen LogP contribution in [0.5, 0.6) is 0 Å². The van der Waals surface area contributed by atoms with Crippen molar-refractivity contribution in [3.63, 3.8) is 0 Å². The van der Waals surface area contributed by atoms with Crippen LogP contribution < -0.4 is 16.0 Å². The maximum Gasteiger partial charge on any atom is 0.257 e. The van der Waals surface area contributed by atoms with Gasteiger partial charge in [0.1, 0.15) is 15.8 Å². The van der Waals surface area contributed by atoms with Gasteiger partial charge in [-0.15, -0.1) is 23.2 Å². The first-order chi connectivity index (χ1) is 19.1. The van der Waals surface area contributed by atoms with Gasteiger partial charge in [-0.25, -0.2) is 8.78 Å². The first-order valence-electron chi connectivity index (χ1n) is 11.8. The summed E-state index contributed by atoms with van der Waals surface area (Å²) in [4.78, 5) is 37.6. The molecule has 1 aliphatic carbocycles. The molecule has 1 fully saturated rings. The first kappa shape index (κ1) is 33.2. The molecule has 3 rings (SSSR count). The van der Waals surface area contributed by atoms with Gasteiger partial charge < -0.3 is 16.0 Å². The van der Waals surface area contributed by atoms with E-state index < -0.39 is 56.9 Å². The van der Waals surface area contributed by atoms with E-state index in [1.807, 2.05) is 0 Å². The molecule has 14 heteroatoms. The zero-order valence-electron chi connectivity index (χ0n) is 21.3. The van der Waals surface area contributed by atoms with Crippen molar-refractivity contribution in [3.8, 4) is 0 Å². The van der Waals surface area contributed by atoms with Gasteiger partial charge in [0, 0.05) is 23.1 Å². The highest BCUT2D eigenvalue weighted by molar-refractivity contribution is 6.53. The van der Waals surface area contributed by atoms with Gasteiger partial charge in [-0.2, -0.15) is 0 Å². The summed E-state index contributed by atoms with van der Waals surface area (Å²) in [5, 5.41) is 7.42. The average molecular weight is 686 g/mol. The number of halogens is 8. The fraction of sp³-hybridized carbons (Fsp3) is 0.222. The van der Waals surface area contributed by atoms with Gasteiger partial charge in [0.25, 0.3) is 5.91 Å². The summed E-state index contributed by atoms with van der Waals surface area (Å²) in [5.41, 5.74) is -0.770. The van der Waals surface area contributed by atoms with Crippen LogP contribution in [0.15, 0.2) is 63.7 Å². The van der Waals surface area contributed by atoms with Crippen molar-refractivity contribution in [3.05, 3.63) is 85.9 Å². The van der Waals surface area contributed by atoms with Crippen LogP contribution in [0, 0.1) is 23.5 Å². The monoisotopic (exact) mass is 683 g/mol. The van der Waals surface area contributed by atoms with Gasteiger partial charge in [0.05, 0.1) is 32.3 Å². The molecular weight excluding hydrogens is 665 g/mol. The predicted molar refractivity (Wildman–Crippen MR) is 162 cm³/mol. The van der Waals surface area contributed by atoms with Gasteiger partial charge in [0.15, 0.2) is 5.82 Å². The van der Waals surface area contributed by atoms with E-state index in [1.165, 1.54) is 31.2 Å². The van der Waals surface area contributed by atoms with Gasteiger partial charge in [-0.05, 0) is 48.9 Å². The van der Waals surface area contributed by atoms with Crippen LogP contribution in [0.3, 0.4) is 0 Å². The van der Waals surface area contributed by atoms with Crippen LogP contribution in [-0.2, 0) is 9.59 Å². The third-order valence-corrected chi connectivity index (χ3v) is 8.40. The minimum Gasteiger partial charge on any atom is -0.326 e. The molecule has 41 heavy (non-hydrogen) atoms. The van der Waals surface area contributed by atoms with Crippen molar-refractivity contribution in [1.82, 2.24) is 0 Å². The lowest BCUT2D eigenvalue weighted by Crippen LogP contribution is -2.19. The minimum absolute atomic E-state index is 0.0161. The Kier molecular flexibility index (Phi) is 10.8. The molecule has 218 valence electrons. The van der Waals surface area contributed by atoms with Crippen molar-refractivity contribution >= 4 is 104 Å². The van der Waals surface area contributed by atoms with E-state index in [0.717, 1.165) is 12.1 Å². The lowest BCUT2D eigenvalue weighted by atomic mass is 10.1. The van der Waals surface area contributed by atoms with Crippen molar-refractivity contribution in [1.29, 1.82) is 0 Å². The van der Waals surface area contributed by atoms with Crippen LogP contribution >= 0.6 is 69.6 Å². The number of carbonyl (C=O) groups excluding carboxylic acids is 3. The Bertz CT molecular complexity index is 1510. The number of anilines is 3. The Hall–Kier alpha value is -2.33. The number of hydrogen-bond donors (Lipinski definition) is 3. The molecule has 2 aromatic carbocycles. The number of alkyl halides is 2. The van der Waals surface area contributed by atoms with Crippen molar-refractivity contribution < 1.29 is 23.2 Å². The number of nitrogens with one attached hydrogen (secondary N) is 3. The molecule has 6 nitrogen and oxygen atoms in total. The summed E-state index contributed by atoms with van der Waals surface area (Å²) in [6, 6.07) is 5.88. The fourth-order valence-corrected chi connectivity index (χ4v) is 5.32. The molecule has 0 aliphatic heterocycles. The summed E-state index contributed by atoms with van der Waals surface area (Å²) >= 11 is 36.9. The second kappa shape index (κ2) is 13.3. The minimum atomic E-state index is -1.50. The normalized spacial score (nSPS) is 18.2. The number of rotatable bonds is 9. The Balaban J connectivity index is 1.78. The molecule has 0 spiro atoms. The molecule has 0 saturated heterocycles. The van der Waals surface area contributed by atoms with Crippen LogP contribution in [0.25, 0.3) is 0 Å². The highest BCUT2D eigenvalue weighted by Crippen LogP contribution is 2.63. The molecule has 1 aliphatic rings. The van der Waals surface area contributed by atoms with E-state index in [-0.39, 0.29) is 37.8 Å². The maximum atomic E-state index is 14.9. The van der Waals surface area contributed by atoms with E-state index in [4.69, 9.17) is 69.6 Å². The van der Waals surface area contributed by atoms with Crippen LogP contribution in [0.4, 0.5) is 25.8 Å². The molecule has 3 amide bonds. The highest BCUT2D eigenvalue weighted by Gasteiger charge is 2.67. The number of carbonyl (C=O) groups is 3. The largest absolute Gasteiger partial charge is 0.326 e. The Morgan fingerprint density at radius 3 is 2.29 bits per heavy atom. The Morgan fingerprint density at radius 1 is 1.02 bits per heavy atom. The zero-order chi connectivity index (χ0) is 30.8. The van der Waals surface area contributed by atoms with Crippen LogP contribution in [-0.4, -0.2) is 22.1 Å². The van der Waals surface area contributed by atoms with E-state index >= 15 is 0 Å². The lowest BCUT2D eigenvalue weighted by Gasteiger charge is -2.13. The van der Waals surface area contributed by atoms with Gasteiger partial charge in [-0.1, -0.05) is 59.9 Å². The van der Waals surface area contributed by atoms with Crippen molar-refractivity contribution in [2.24, 2.45) is 11.8 Å². The second-order valence-corrected chi connectivity index (χ2v) is 12.1. The van der Waals surface area contributed by atoms with E-state index in [0.29, 0.717) is 5.57 Å². The number of hydrogen-bond acceptors (Lipinski definition) is 3. The molecule has 2 aromatic rings. The third kappa shape index (κ3) is 7.55. The molecule has 0 aromatic heterocycles. The number of amides is 3. The first-order valence-corrected chi connectivity index (χ1v) is 14.0. The fourth-order valence-electron chi connectivity index (χ4n) is 3.77. The maximum absolute atomic E-state index is 14.9. The third-order valence-electron chi connectivity index (χ3n) is 5.96. The van der Waals surface area contributed by atoms with E-state index in [9.17, 15) is 23.2 Å². The Labute approximate surface area is 264 Å². The van der Waals surface area contributed by atoms with Crippen LogP contribution in [0.2, 0.25) is 5.02 Å². The molecule has 1 saturated carbocycles. The van der Waals surface area contributed by atoms with E-state index in [1.54, 1.807) is 6.92 Å². The zero-order valence-corrected chi connectivity index (χ0v) is 25.8. The predicted octanol–water partition coefficient (Wildman–Crippen LogP) is 8.97. The average Bonchev–Trinajstić information content (AvgIpc) is 3.50. The molecular formula is C27H21Cl6F2N3O3. The standard InChI is InChI=1S/C27H21Cl6F2N3O3/c1-4-19(39)38-24-17(34)7-8-18(23(24)35)37-25(40)14-10-13(5-6-15(14)29)36-26(41)21-20(27(21,32)33)11(2)9-16(30)22(31)12(3)28/h5-10,20-21H,2,4H2,1,3H3,(H,36,41)(H,37,40)(H,38,39)/b16-9+,22-12-/t20-,21+/m0/s1. The highest BCUT2D eigenvalue weighted by atomic mass is 35.5. The number of allylic oxidation sites excluding steroid dienone is 5. The molecule has 0 bridgehead atoms. The summed E-state index contributed by atoms with van der Waals surface area (Å²) in [6.45, 7) is 6.93. The summed E-state index contributed by atoms with van der Waals surface area (Å²) in [5.74, 6) is -5.93.